The predicted octanol–water partition coefficient (Wildman–Crippen LogP) is 1.76. The molecule has 3 aromatic rings. The molecule has 0 spiro atoms. The molecule has 1 aromatic carbocycles. The maximum absolute atomic E-state index is 13.5. The summed E-state index contributed by atoms with van der Waals surface area (Å²) in [7, 11) is 0. The molecule has 1 aliphatic rings. The van der Waals surface area contributed by atoms with Crippen molar-refractivity contribution in [1.29, 1.82) is 0 Å². The maximum atomic E-state index is 13.5. The van der Waals surface area contributed by atoms with Crippen LogP contribution >= 0.6 is 0 Å². The fourth-order valence-electron chi connectivity index (χ4n) is 3.66. The van der Waals surface area contributed by atoms with Gasteiger partial charge in [-0.25, -0.2) is 14.4 Å². The SMILES string of the molecule is N[C@@H]1CCCN1C(=O)CNc1n[nH]c2c(C(=O)NCc3ccc(F)c(C(F)(F)F)c3)ncnc12. The Bertz CT molecular complexity index is 1230. The molecule has 2 aromatic heterocycles. The van der Waals surface area contributed by atoms with E-state index in [1.54, 1.807) is 4.90 Å². The molecule has 34 heavy (non-hydrogen) atoms. The average molecular weight is 480 g/mol. The Morgan fingerprint density at radius 2 is 2.06 bits per heavy atom. The summed E-state index contributed by atoms with van der Waals surface area (Å²) in [6.45, 7) is 0.205. The number of fused-ring (bicyclic) bond motifs is 1. The molecule has 4 rings (SSSR count). The second kappa shape index (κ2) is 9.21. The first kappa shape index (κ1) is 23.4. The minimum Gasteiger partial charge on any atom is -0.358 e. The fourth-order valence-corrected chi connectivity index (χ4v) is 3.66. The van der Waals surface area contributed by atoms with Gasteiger partial charge in [-0.05, 0) is 30.5 Å². The molecule has 0 radical (unpaired) electrons. The number of nitrogens with two attached hydrogens (primary N) is 1. The number of benzene rings is 1. The van der Waals surface area contributed by atoms with Gasteiger partial charge in [-0.3, -0.25) is 14.7 Å². The number of amides is 2. The molecule has 1 fully saturated rings. The zero-order valence-corrected chi connectivity index (χ0v) is 17.6. The minimum atomic E-state index is -4.86. The number of carbonyl (C=O) groups excluding carboxylic acids is 2. The number of likely N-dealkylation sites (tertiary alicyclic amines) is 1. The van der Waals surface area contributed by atoms with Crippen LogP contribution in [0.5, 0.6) is 0 Å². The molecule has 1 aliphatic heterocycles. The third-order valence-corrected chi connectivity index (χ3v) is 5.38. The molecule has 14 heteroatoms. The molecular weight excluding hydrogens is 460 g/mol. The molecule has 1 atom stereocenters. The topological polar surface area (TPSA) is 142 Å². The Morgan fingerprint density at radius 1 is 1.26 bits per heavy atom. The lowest BCUT2D eigenvalue weighted by Gasteiger charge is -2.21. The Labute approximate surface area is 189 Å². The standard InChI is InChI=1S/C20H20F4N8O2/c21-12-4-3-10(6-11(12)20(22,23)24)7-27-19(34)17-15-16(28-9-29-17)18(31-30-15)26-8-14(33)32-5-1-2-13(32)25/h3-4,6,9,13H,1-2,5,7-8,25H2,(H,27,34)(H2,26,30,31)/t13-/m0/s1. The highest BCUT2D eigenvalue weighted by Crippen LogP contribution is 2.32. The van der Waals surface area contributed by atoms with Gasteiger partial charge >= 0.3 is 6.18 Å². The Kier molecular flexibility index (Phi) is 6.32. The van der Waals surface area contributed by atoms with Crippen molar-refractivity contribution in [2.45, 2.75) is 31.7 Å². The van der Waals surface area contributed by atoms with Crippen LogP contribution in [-0.2, 0) is 17.5 Å². The van der Waals surface area contributed by atoms with E-state index < -0.39 is 23.5 Å². The number of halogens is 4. The minimum absolute atomic E-state index is 0.0537. The normalized spacial score (nSPS) is 16.1. The van der Waals surface area contributed by atoms with Gasteiger partial charge in [-0.1, -0.05) is 6.07 Å². The lowest BCUT2D eigenvalue weighted by molar-refractivity contribution is -0.140. The first-order chi connectivity index (χ1) is 16.1. The van der Waals surface area contributed by atoms with E-state index in [2.05, 4.69) is 30.8 Å². The van der Waals surface area contributed by atoms with Gasteiger partial charge in [0.05, 0.1) is 18.3 Å². The zero-order valence-electron chi connectivity index (χ0n) is 17.6. The lowest BCUT2D eigenvalue weighted by Crippen LogP contribution is -2.43. The van der Waals surface area contributed by atoms with Crippen molar-refractivity contribution in [2.24, 2.45) is 5.73 Å². The monoisotopic (exact) mass is 480 g/mol. The fraction of sp³-hybridized carbons (Fsp3) is 0.350. The number of aromatic nitrogens is 4. The number of nitrogens with zero attached hydrogens (tertiary/aromatic N) is 4. The van der Waals surface area contributed by atoms with E-state index in [1.807, 2.05) is 0 Å². The van der Waals surface area contributed by atoms with E-state index >= 15 is 0 Å². The molecule has 0 bridgehead atoms. The van der Waals surface area contributed by atoms with Crippen LogP contribution in [0.25, 0.3) is 11.0 Å². The van der Waals surface area contributed by atoms with E-state index in [9.17, 15) is 27.2 Å². The van der Waals surface area contributed by atoms with Gasteiger partial charge in [0.25, 0.3) is 5.91 Å². The Balaban J connectivity index is 1.45. The summed E-state index contributed by atoms with van der Waals surface area (Å²) in [5.41, 5.74) is 4.85. The molecule has 1 saturated heterocycles. The average Bonchev–Trinajstić information content (AvgIpc) is 3.41. The van der Waals surface area contributed by atoms with Gasteiger partial charge in [0.2, 0.25) is 5.91 Å². The molecule has 0 aliphatic carbocycles. The summed E-state index contributed by atoms with van der Waals surface area (Å²) >= 11 is 0. The van der Waals surface area contributed by atoms with E-state index in [0.717, 1.165) is 25.2 Å². The third kappa shape index (κ3) is 4.76. The molecule has 0 unspecified atom stereocenters. The van der Waals surface area contributed by atoms with E-state index in [0.29, 0.717) is 18.7 Å². The van der Waals surface area contributed by atoms with E-state index in [-0.39, 0.29) is 53.3 Å². The third-order valence-electron chi connectivity index (χ3n) is 5.38. The number of anilines is 1. The molecule has 180 valence electrons. The first-order valence-corrected chi connectivity index (χ1v) is 10.3. The molecular formula is C20H20F4N8O2. The number of hydrogen-bond acceptors (Lipinski definition) is 7. The van der Waals surface area contributed by atoms with Crippen LogP contribution in [0.3, 0.4) is 0 Å². The van der Waals surface area contributed by atoms with Crippen molar-refractivity contribution in [1.82, 2.24) is 30.4 Å². The smallest absolute Gasteiger partial charge is 0.358 e. The lowest BCUT2D eigenvalue weighted by atomic mass is 10.1. The van der Waals surface area contributed by atoms with Crippen molar-refractivity contribution >= 4 is 28.7 Å². The highest BCUT2D eigenvalue weighted by molar-refractivity contribution is 6.05. The van der Waals surface area contributed by atoms with Crippen LogP contribution in [0.4, 0.5) is 23.4 Å². The van der Waals surface area contributed by atoms with Crippen LogP contribution in [0.2, 0.25) is 0 Å². The van der Waals surface area contributed by atoms with Crippen molar-refractivity contribution in [3.63, 3.8) is 0 Å². The Hall–Kier alpha value is -3.81. The highest BCUT2D eigenvalue weighted by atomic mass is 19.4. The van der Waals surface area contributed by atoms with Crippen molar-refractivity contribution in [2.75, 3.05) is 18.4 Å². The quantitative estimate of drug-likeness (QED) is 0.394. The van der Waals surface area contributed by atoms with E-state index in [4.69, 9.17) is 5.73 Å². The summed E-state index contributed by atoms with van der Waals surface area (Å²) in [6, 6.07) is 2.46. The number of nitrogens with one attached hydrogen (secondary N) is 3. The number of hydrogen-bond donors (Lipinski definition) is 4. The number of carbonyl (C=O) groups is 2. The summed E-state index contributed by atoms with van der Waals surface area (Å²) in [5, 5.41) is 12.0. The second-order valence-corrected chi connectivity index (χ2v) is 7.66. The second-order valence-electron chi connectivity index (χ2n) is 7.66. The van der Waals surface area contributed by atoms with Crippen LogP contribution in [0.1, 0.15) is 34.5 Å². The summed E-state index contributed by atoms with van der Waals surface area (Å²) in [5.74, 6) is -2.09. The van der Waals surface area contributed by atoms with Gasteiger partial charge < -0.3 is 21.3 Å². The van der Waals surface area contributed by atoms with Crippen LogP contribution in [0.15, 0.2) is 24.5 Å². The summed E-state index contributed by atoms with van der Waals surface area (Å²) in [6.07, 6.45) is -2.49. The Morgan fingerprint density at radius 3 is 2.76 bits per heavy atom. The number of alkyl halides is 3. The highest BCUT2D eigenvalue weighted by Gasteiger charge is 2.34. The molecule has 2 amide bonds. The summed E-state index contributed by atoms with van der Waals surface area (Å²) in [4.78, 5) is 34.5. The van der Waals surface area contributed by atoms with Gasteiger partial charge in [0, 0.05) is 13.1 Å². The van der Waals surface area contributed by atoms with Crippen molar-refractivity contribution in [3.05, 3.63) is 47.2 Å². The largest absolute Gasteiger partial charge is 0.419 e. The van der Waals surface area contributed by atoms with Crippen LogP contribution < -0.4 is 16.4 Å². The van der Waals surface area contributed by atoms with Crippen LogP contribution in [0, 0.1) is 5.82 Å². The van der Waals surface area contributed by atoms with Gasteiger partial charge in [0.1, 0.15) is 23.2 Å². The molecule has 3 heterocycles. The first-order valence-electron chi connectivity index (χ1n) is 10.3. The predicted molar refractivity (Wildman–Crippen MR) is 112 cm³/mol. The number of H-pyrrole nitrogens is 1. The van der Waals surface area contributed by atoms with Gasteiger partial charge in [-0.2, -0.15) is 18.3 Å². The number of aromatic amines is 1. The summed E-state index contributed by atoms with van der Waals surface area (Å²) < 4.78 is 52.1. The maximum Gasteiger partial charge on any atom is 0.419 e. The van der Waals surface area contributed by atoms with E-state index in [1.165, 1.54) is 0 Å². The van der Waals surface area contributed by atoms with Gasteiger partial charge in [0.15, 0.2) is 11.5 Å². The zero-order chi connectivity index (χ0) is 24.5. The molecule has 10 nitrogen and oxygen atoms in total. The van der Waals surface area contributed by atoms with Gasteiger partial charge in [-0.15, -0.1) is 0 Å². The van der Waals surface area contributed by atoms with Crippen molar-refractivity contribution < 1.29 is 27.2 Å². The van der Waals surface area contributed by atoms with Crippen molar-refractivity contribution in [3.8, 4) is 0 Å². The molecule has 5 N–H and O–H groups in total. The van der Waals surface area contributed by atoms with Crippen LogP contribution in [-0.4, -0.2) is 56.1 Å². The molecule has 0 saturated carbocycles. The number of rotatable bonds is 6.